The van der Waals surface area contributed by atoms with E-state index in [1.807, 2.05) is 0 Å². The first kappa shape index (κ1) is 20.3. The smallest absolute Gasteiger partial charge is 0.424 e. The predicted molar refractivity (Wildman–Crippen MR) is 98.7 cm³/mol. The van der Waals surface area contributed by atoms with Gasteiger partial charge < -0.3 is 24.5 Å². The second-order valence-corrected chi connectivity index (χ2v) is 8.03. The zero-order valence-electron chi connectivity index (χ0n) is 15.8. The van der Waals surface area contributed by atoms with Crippen molar-refractivity contribution in [2.45, 2.75) is 24.5 Å². The van der Waals surface area contributed by atoms with Gasteiger partial charge in [-0.05, 0) is 0 Å². The van der Waals surface area contributed by atoms with Crippen LogP contribution in [-0.2, 0) is 27.8 Å². The minimum atomic E-state index is -4.84. The number of carbonyl (C=O) groups excluding carboxylic acids is 2. The van der Waals surface area contributed by atoms with Crippen molar-refractivity contribution in [3.05, 3.63) is 31.4 Å². The average Bonchev–Trinajstić information content (AvgIpc) is 3.50. The number of rotatable bonds is 5. The summed E-state index contributed by atoms with van der Waals surface area (Å²) in [4.78, 5) is 49.2. The van der Waals surface area contributed by atoms with E-state index in [4.69, 9.17) is 24.5 Å². The Morgan fingerprint density at radius 3 is 2.84 bits per heavy atom. The summed E-state index contributed by atoms with van der Waals surface area (Å²) < 4.78 is 40.0. The maximum Gasteiger partial charge on any atom is 0.530 e. The number of nitrogens with two attached hydrogens (primary N) is 1. The van der Waals surface area contributed by atoms with E-state index >= 15 is 0 Å². The van der Waals surface area contributed by atoms with Crippen LogP contribution in [0.5, 0.6) is 0 Å². The van der Waals surface area contributed by atoms with Gasteiger partial charge >= 0.3 is 20.1 Å². The largest absolute Gasteiger partial charge is 0.530 e. The number of nitrogens with zero attached hydrogens (tertiary/aromatic N) is 6. The number of aromatic nitrogens is 6. The van der Waals surface area contributed by atoms with Gasteiger partial charge in [0.2, 0.25) is 0 Å². The van der Waals surface area contributed by atoms with Gasteiger partial charge in [0.15, 0.2) is 29.9 Å². The van der Waals surface area contributed by atoms with Crippen LogP contribution in [0.1, 0.15) is 6.23 Å². The van der Waals surface area contributed by atoms with Crippen molar-refractivity contribution in [2.75, 3.05) is 12.3 Å². The highest BCUT2D eigenvalue weighted by molar-refractivity contribution is 7.48. The molecule has 0 aliphatic carbocycles. The second kappa shape index (κ2) is 7.52. The normalized spacial score (nSPS) is 26.3. The Balaban J connectivity index is 1.32. The van der Waals surface area contributed by atoms with Gasteiger partial charge in [0.1, 0.15) is 24.3 Å². The summed E-state index contributed by atoms with van der Waals surface area (Å²) in [5.74, 6) is 0.142. The van der Waals surface area contributed by atoms with Crippen molar-refractivity contribution in [1.82, 2.24) is 29.1 Å². The molecule has 5 atom stereocenters. The van der Waals surface area contributed by atoms with E-state index in [1.54, 1.807) is 0 Å². The topological polar surface area (TPSA) is 205 Å². The van der Waals surface area contributed by atoms with Crippen molar-refractivity contribution in [2.24, 2.45) is 0 Å². The molecule has 17 heteroatoms. The summed E-state index contributed by atoms with van der Waals surface area (Å²) in [6.45, 7) is -0.566. The lowest BCUT2D eigenvalue weighted by Gasteiger charge is -2.18. The van der Waals surface area contributed by atoms with Crippen LogP contribution >= 0.6 is 7.82 Å². The maximum atomic E-state index is 12.2. The molecule has 3 N–H and O–H groups in total. The number of hydrogen-bond acceptors (Lipinski definition) is 13. The van der Waals surface area contributed by atoms with Crippen LogP contribution in [0.2, 0.25) is 0 Å². The molecule has 0 aromatic carbocycles. The van der Waals surface area contributed by atoms with E-state index in [1.165, 1.54) is 29.6 Å². The predicted octanol–water partition coefficient (Wildman–Crippen LogP) is 0.208. The third-order valence-corrected chi connectivity index (χ3v) is 5.58. The van der Waals surface area contributed by atoms with Crippen LogP contribution in [0.25, 0.3) is 11.2 Å². The minimum Gasteiger partial charge on any atom is -0.424 e. The fourth-order valence-corrected chi connectivity index (χ4v) is 4.03. The monoisotopic (exact) mass is 467 g/mol. The van der Waals surface area contributed by atoms with Crippen LogP contribution in [0.15, 0.2) is 31.4 Å². The molecule has 3 aromatic heterocycles. The molecule has 2 aliphatic rings. The number of imidazole rings is 2. The van der Waals surface area contributed by atoms with Crippen molar-refractivity contribution in [1.29, 1.82) is 0 Å². The summed E-state index contributed by atoms with van der Waals surface area (Å²) in [5.41, 5.74) is 6.41. The SMILES string of the molecule is Nc1ncnc2c1ncn2[C@@H]1O[C@H](COP(=O)(O)OC(=O)n2ccnc2)[C@H]2OC(=O)O[C@H]21. The maximum absolute atomic E-state index is 12.2. The van der Waals surface area contributed by atoms with Gasteiger partial charge in [-0.2, -0.15) is 0 Å². The van der Waals surface area contributed by atoms with Crippen molar-refractivity contribution >= 4 is 37.1 Å². The number of phosphoric ester groups is 1. The molecule has 2 fully saturated rings. The van der Waals surface area contributed by atoms with Gasteiger partial charge in [0, 0.05) is 12.4 Å². The molecule has 3 aromatic rings. The van der Waals surface area contributed by atoms with E-state index in [-0.39, 0.29) is 5.82 Å². The van der Waals surface area contributed by atoms with Crippen LogP contribution in [0.4, 0.5) is 15.4 Å². The summed E-state index contributed by atoms with van der Waals surface area (Å²) in [7, 11) is -4.84. The Morgan fingerprint density at radius 2 is 2.06 bits per heavy atom. The Hall–Kier alpha value is -3.59. The van der Waals surface area contributed by atoms with E-state index in [0.717, 1.165) is 10.9 Å². The van der Waals surface area contributed by atoms with E-state index in [0.29, 0.717) is 11.2 Å². The molecule has 0 bridgehead atoms. The number of nitrogen functional groups attached to an aromatic ring is 1. The van der Waals surface area contributed by atoms with E-state index in [9.17, 15) is 19.0 Å². The molecule has 2 aliphatic heterocycles. The first-order valence-electron chi connectivity index (χ1n) is 8.97. The highest BCUT2D eigenvalue weighted by Gasteiger charge is 2.56. The molecule has 32 heavy (non-hydrogen) atoms. The standard InChI is InChI=1S/C15H14N7O9P/c16-11-8-12(19-4-18-11)22(6-20-8)13-10-9(29-15(24)30-10)7(28-13)3-27-32(25,26)31-14(23)21-2-1-17-5-21/h1-2,4-7,9-10,13H,3H2,(H,25,26)(H2,16,18,19)/t7-,9-,10-,13-/m1/s1. The number of fused-ring (bicyclic) bond motifs is 2. The van der Waals surface area contributed by atoms with Gasteiger partial charge in [-0.15, -0.1) is 0 Å². The Kier molecular flexibility index (Phi) is 4.78. The van der Waals surface area contributed by atoms with Gasteiger partial charge in [0.05, 0.1) is 12.9 Å². The number of phosphoric acid groups is 1. The van der Waals surface area contributed by atoms with Gasteiger partial charge in [-0.1, -0.05) is 0 Å². The van der Waals surface area contributed by atoms with Crippen molar-refractivity contribution in [3.8, 4) is 0 Å². The lowest BCUT2D eigenvalue weighted by atomic mass is 10.1. The number of ether oxygens (including phenoxy) is 3. The highest BCUT2D eigenvalue weighted by Crippen LogP contribution is 2.46. The molecule has 5 heterocycles. The van der Waals surface area contributed by atoms with Crippen molar-refractivity contribution < 1.29 is 42.3 Å². The number of hydrogen-bond donors (Lipinski definition) is 2. The molecule has 1 unspecified atom stereocenters. The zero-order chi connectivity index (χ0) is 22.5. The molecule has 0 saturated carbocycles. The van der Waals surface area contributed by atoms with Crippen LogP contribution in [0, 0.1) is 0 Å². The lowest BCUT2D eigenvalue weighted by Crippen LogP contribution is -2.31. The Morgan fingerprint density at radius 1 is 1.25 bits per heavy atom. The molecule has 16 nitrogen and oxygen atoms in total. The molecule has 2 saturated heterocycles. The first-order chi connectivity index (χ1) is 15.3. The first-order valence-corrected chi connectivity index (χ1v) is 10.5. The molecule has 0 spiro atoms. The summed E-state index contributed by atoms with van der Waals surface area (Å²) >= 11 is 0. The van der Waals surface area contributed by atoms with E-state index < -0.39 is 51.2 Å². The fourth-order valence-electron chi connectivity index (χ4n) is 3.35. The summed E-state index contributed by atoms with van der Waals surface area (Å²) in [6, 6.07) is 0. The van der Waals surface area contributed by atoms with Crippen LogP contribution < -0.4 is 5.73 Å². The Labute approximate surface area is 177 Å². The summed E-state index contributed by atoms with van der Waals surface area (Å²) in [5, 5.41) is 0. The third-order valence-electron chi connectivity index (χ3n) is 4.72. The summed E-state index contributed by atoms with van der Waals surface area (Å²) in [6.07, 6.45) is 0.162. The molecule has 5 rings (SSSR count). The molecular weight excluding hydrogens is 453 g/mol. The highest BCUT2D eigenvalue weighted by atomic mass is 31.2. The van der Waals surface area contributed by atoms with Gasteiger partial charge in [-0.25, -0.2) is 38.7 Å². The average molecular weight is 467 g/mol. The van der Waals surface area contributed by atoms with Crippen molar-refractivity contribution in [3.63, 3.8) is 0 Å². The number of anilines is 1. The number of carbonyl (C=O) groups is 2. The quantitative estimate of drug-likeness (QED) is 0.380. The molecular formula is C15H14N7O9P. The molecule has 168 valence electrons. The van der Waals surface area contributed by atoms with E-state index in [2.05, 4.69) is 24.5 Å². The minimum absolute atomic E-state index is 0.142. The molecule has 0 amide bonds. The molecule has 0 radical (unpaired) electrons. The third kappa shape index (κ3) is 3.54. The van der Waals surface area contributed by atoms with Crippen LogP contribution in [0.3, 0.4) is 0 Å². The van der Waals surface area contributed by atoms with Gasteiger partial charge in [-0.3, -0.25) is 14.0 Å². The van der Waals surface area contributed by atoms with Gasteiger partial charge in [0.25, 0.3) is 0 Å². The Bertz CT molecular complexity index is 1230. The lowest BCUT2D eigenvalue weighted by molar-refractivity contribution is -0.0696. The van der Waals surface area contributed by atoms with Crippen LogP contribution in [-0.4, -0.2) is 71.1 Å². The zero-order valence-corrected chi connectivity index (χ0v) is 16.7. The fraction of sp³-hybridized carbons (Fsp3) is 0.333. The second-order valence-electron chi connectivity index (χ2n) is 6.65.